The van der Waals surface area contributed by atoms with Gasteiger partial charge in [-0.05, 0) is 32.0 Å². The van der Waals surface area contributed by atoms with Crippen molar-refractivity contribution < 1.29 is 19.1 Å². The smallest absolute Gasteiger partial charge is 0.326 e. The summed E-state index contributed by atoms with van der Waals surface area (Å²) in [5.41, 5.74) is -0.140. The molecule has 4 nitrogen and oxygen atoms in total. The van der Waals surface area contributed by atoms with Crippen molar-refractivity contribution in [1.82, 2.24) is 4.90 Å². The zero-order chi connectivity index (χ0) is 13.9. The Morgan fingerprint density at radius 3 is 2.61 bits per heavy atom. The number of carboxylic acid groups (broad SMARTS) is 1. The number of carbonyl (C=O) groups excluding carboxylic acids is 1. The van der Waals surface area contributed by atoms with Gasteiger partial charge in [0.15, 0.2) is 0 Å². The van der Waals surface area contributed by atoms with Crippen molar-refractivity contribution in [3.8, 4) is 0 Å². The Kier molecular flexibility index (Phi) is 4.84. The van der Waals surface area contributed by atoms with Gasteiger partial charge in [0.25, 0.3) is 5.91 Å². The lowest BCUT2D eigenvalue weighted by Gasteiger charge is -2.25. The van der Waals surface area contributed by atoms with Gasteiger partial charge in [0.2, 0.25) is 0 Å². The molecule has 0 aliphatic carbocycles. The highest BCUT2D eigenvalue weighted by molar-refractivity contribution is 9.10. The maximum Gasteiger partial charge on any atom is 0.326 e. The van der Waals surface area contributed by atoms with Gasteiger partial charge in [-0.2, -0.15) is 0 Å². The van der Waals surface area contributed by atoms with Crippen LogP contribution in [0.15, 0.2) is 22.7 Å². The topological polar surface area (TPSA) is 57.6 Å². The predicted octanol–water partition coefficient (Wildman–Crippen LogP) is 2.52. The van der Waals surface area contributed by atoms with Gasteiger partial charge in [0, 0.05) is 11.0 Å². The number of halogens is 2. The molecule has 98 valence electrons. The van der Waals surface area contributed by atoms with Gasteiger partial charge in [0.05, 0.1) is 5.56 Å². The summed E-state index contributed by atoms with van der Waals surface area (Å²) in [6.45, 7) is 3.23. The van der Waals surface area contributed by atoms with E-state index in [1.165, 1.54) is 19.1 Å². The first kappa shape index (κ1) is 14.6. The number of nitrogens with zero attached hydrogens (tertiary/aromatic N) is 1. The van der Waals surface area contributed by atoms with Crippen LogP contribution in [0.4, 0.5) is 4.39 Å². The van der Waals surface area contributed by atoms with Crippen LogP contribution in [-0.2, 0) is 4.79 Å². The molecule has 18 heavy (non-hydrogen) atoms. The largest absolute Gasteiger partial charge is 0.480 e. The van der Waals surface area contributed by atoms with Crippen molar-refractivity contribution >= 4 is 27.8 Å². The van der Waals surface area contributed by atoms with E-state index in [2.05, 4.69) is 15.9 Å². The van der Waals surface area contributed by atoms with Gasteiger partial charge in [-0.3, -0.25) is 4.79 Å². The second-order valence-electron chi connectivity index (χ2n) is 3.73. The van der Waals surface area contributed by atoms with Gasteiger partial charge in [-0.1, -0.05) is 15.9 Å². The first-order chi connectivity index (χ1) is 8.38. The lowest BCUT2D eigenvalue weighted by molar-refractivity contribution is -0.141. The molecule has 1 amide bonds. The molecule has 0 fully saturated rings. The molecule has 1 atom stereocenters. The number of likely N-dealkylation sites (N-methyl/N-ethyl adjacent to an activating group) is 1. The summed E-state index contributed by atoms with van der Waals surface area (Å²) in [6.07, 6.45) is 0. The fraction of sp³-hybridized carbons (Fsp3) is 0.333. The molecular formula is C12H13BrFNO3. The molecule has 0 saturated heterocycles. The molecule has 0 aliphatic heterocycles. The van der Waals surface area contributed by atoms with Crippen molar-refractivity contribution in [1.29, 1.82) is 0 Å². The summed E-state index contributed by atoms with van der Waals surface area (Å²) in [5.74, 6) is -2.42. The maximum absolute atomic E-state index is 13.6. The standard InChI is InChI=1S/C12H13BrFNO3/c1-3-15(7(2)12(17)18)11(16)9-6-8(13)4-5-10(9)14/h4-7H,3H2,1-2H3,(H,17,18). The van der Waals surface area contributed by atoms with Gasteiger partial charge in [0.1, 0.15) is 11.9 Å². The van der Waals surface area contributed by atoms with Crippen molar-refractivity contribution in [2.45, 2.75) is 19.9 Å². The second-order valence-corrected chi connectivity index (χ2v) is 4.65. The number of amides is 1. The first-order valence-electron chi connectivity index (χ1n) is 5.37. The van der Waals surface area contributed by atoms with Crippen LogP contribution < -0.4 is 0 Å². The first-order valence-corrected chi connectivity index (χ1v) is 6.16. The van der Waals surface area contributed by atoms with E-state index in [-0.39, 0.29) is 12.1 Å². The van der Waals surface area contributed by atoms with E-state index in [1.807, 2.05) is 0 Å². The fourth-order valence-corrected chi connectivity index (χ4v) is 1.90. The third-order valence-corrected chi connectivity index (χ3v) is 3.08. The second kappa shape index (κ2) is 5.95. The Labute approximate surface area is 113 Å². The van der Waals surface area contributed by atoms with Crippen LogP contribution in [0, 0.1) is 5.82 Å². The molecule has 0 spiro atoms. The molecule has 0 aromatic heterocycles. The molecule has 0 aliphatic rings. The third-order valence-electron chi connectivity index (χ3n) is 2.59. The number of hydrogen-bond acceptors (Lipinski definition) is 2. The Morgan fingerprint density at radius 1 is 1.50 bits per heavy atom. The Bertz CT molecular complexity index is 478. The molecule has 0 bridgehead atoms. The van der Waals surface area contributed by atoms with Crippen LogP contribution >= 0.6 is 15.9 Å². The summed E-state index contributed by atoms with van der Waals surface area (Å²) in [4.78, 5) is 24.1. The van der Waals surface area contributed by atoms with Crippen molar-refractivity contribution in [2.24, 2.45) is 0 Å². The van der Waals surface area contributed by atoms with E-state index in [4.69, 9.17) is 5.11 Å². The van der Waals surface area contributed by atoms with Crippen LogP contribution in [0.2, 0.25) is 0 Å². The minimum Gasteiger partial charge on any atom is -0.480 e. The number of benzene rings is 1. The molecule has 6 heteroatoms. The number of aliphatic carboxylic acids is 1. The van der Waals surface area contributed by atoms with Crippen LogP contribution in [0.1, 0.15) is 24.2 Å². The zero-order valence-corrected chi connectivity index (χ0v) is 11.6. The Morgan fingerprint density at radius 2 is 2.11 bits per heavy atom. The molecule has 0 heterocycles. The summed E-state index contributed by atoms with van der Waals surface area (Å²) in [6, 6.07) is 2.98. The van der Waals surface area contributed by atoms with E-state index in [0.29, 0.717) is 4.47 Å². The molecule has 1 aromatic carbocycles. The van der Waals surface area contributed by atoms with Crippen LogP contribution in [0.5, 0.6) is 0 Å². The number of rotatable bonds is 4. The Balaban J connectivity index is 3.11. The van der Waals surface area contributed by atoms with Crippen LogP contribution in [0.3, 0.4) is 0 Å². The predicted molar refractivity (Wildman–Crippen MR) is 67.9 cm³/mol. The maximum atomic E-state index is 13.6. The van der Waals surface area contributed by atoms with E-state index in [1.54, 1.807) is 6.92 Å². The van der Waals surface area contributed by atoms with Gasteiger partial charge < -0.3 is 10.0 Å². The minimum atomic E-state index is -1.12. The van der Waals surface area contributed by atoms with Gasteiger partial charge in [-0.15, -0.1) is 0 Å². The molecule has 1 N–H and O–H groups in total. The molecule has 1 aromatic rings. The van der Waals surface area contributed by atoms with E-state index in [9.17, 15) is 14.0 Å². The molecular weight excluding hydrogens is 305 g/mol. The van der Waals surface area contributed by atoms with Crippen LogP contribution in [-0.4, -0.2) is 34.5 Å². The SMILES string of the molecule is CCN(C(=O)c1cc(Br)ccc1F)C(C)C(=O)O. The zero-order valence-electron chi connectivity index (χ0n) is 9.98. The molecule has 1 rings (SSSR count). The highest BCUT2D eigenvalue weighted by Gasteiger charge is 2.26. The molecule has 1 unspecified atom stereocenters. The summed E-state index contributed by atoms with van der Waals surface area (Å²) in [7, 11) is 0. The third kappa shape index (κ3) is 3.07. The van der Waals surface area contributed by atoms with Crippen molar-refractivity contribution in [3.05, 3.63) is 34.1 Å². The summed E-state index contributed by atoms with van der Waals surface area (Å²) < 4.78 is 14.1. The quantitative estimate of drug-likeness (QED) is 0.928. The van der Waals surface area contributed by atoms with Gasteiger partial charge >= 0.3 is 5.97 Å². The van der Waals surface area contributed by atoms with E-state index < -0.39 is 23.7 Å². The summed E-state index contributed by atoms with van der Waals surface area (Å²) >= 11 is 3.15. The van der Waals surface area contributed by atoms with E-state index in [0.717, 1.165) is 11.0 Å². The molecule has 0 saturated carbocycles. The summed E-state index contributed by atoms with van der Waals surface area (Å²) in [5, 5.41) is 8.91. The fourth-order valence-electron chi connectivity index (χ4n) is 1.54. The number of carbonyl (C=O) groups is 2. The normalized spacial score (nSPS) is 12.0. The average molecular weight is 318 g/mol. The lowest BCUT2D eigenvalue weighted by atomic mass is 10.1. The lowest BCUT2D eigenvalue weighted by Crippen LogP contribution is -2.43. The van der Waals surface area contributed by atoms with Crippen molar-refractivity contribution in [3.63, 3.8) is 0 Å². The highest BCUT2D eigenvalue weighted by Crippen LogP contribution is 2.18. The van der Waals surface area contributed by atoms with E-state index >= 15 is 0 Å². The van der Waals surface area contributed by atoms with Crippen LogP contribution in [0.25, 0.3) is 0 Å². The van der Waals surface area contributed by atoms with Gasteiger partial charge in [-0.25, -0.2) is 9.18 Å². The monoisotopic (exact) mass is 317 g/mol. The average Bonchev–Trinajstić information content (AvgIpc) is 2.32. The molecule has 0 radical (unpaired) electrons. The number of carboxylic acids is 1. The van der Waals surface area contributed by atoms with Crippen molar-refractivity contribution in [2.75, 3.05) is 6.54 Å². The minimum absolute atomic E-state index is 0.140. The Hall–Kier alpha value is -1.43. The highest BCUT2D eigenvalue weighted by atomic mass is 79.9. The number of hydrogen-bond donors (Lipinski definition) is 1.